The van der Waals surface area contributed by atoms with E-state index >= 15 is 0 Å². The van der Waals surface area contributed by atoms with E-state index in [0.717, 1.165) is 36.0 Å². The van der Waals surface area contributed by atoms with Gasteiger partial charge in [0.25, 0.3) is 0 Å². The molecule has 2 aromatic rings. The molecule has 1 aliphatic rings. The van der Waals surface area contributed by atoms with Crippen molar-refractivity contribution in [1.29, 1.82) is 0 Å². The molecule has 1 aromatic carbocycles. The maximum absolute atomic E-state index is 11.1. The largest absolute Gasteiger partial charge is 0.451 e. The molecule has 0 bridgehead atoms. The second-order valence-corrected chi connectivity index (χ2v) is 4.03. The van der Waals surface area contributed by atoms with Crippen LogP contribution in [-0.2, 0) is 4.74 Å². The fraction of sp³-hybridized carbons (Fsp3) is 0.308. The van der Waals surface area contributed by atoms with Crippen molar-refractivity contribution >= 4 is 22.9 Å². The summed E-state index contributed by atoms with van der Waals surface area (Å²) in [4.78, 5) is 13.2. The highest BCUT2D eigenvalue weighted by molar-refractivity contribution is 6.00. The Bertz CT molecular complexity index is 541. The molecule has 17 heavy (non-hydrogen) atoms. The van der Waals surface area contributed by atoms with E-state index in [-0.39, 0.29) is 0 Å². The summed E-state index contributed by atoms with van der Waals surface area (Å²) in [6.45, 7) is 2.98. The van der Waals surface area contributed by atoms with Crippen LogP contribution in [0.15, 0.2) is 28.7 Å². The standard InChI is InChI=1S/C13H13NO3/c15-9-12-13(14-5-7-16-8-6-14)10-3-1-2-4-11(10)17-12/h1-4,9H,5-8H2. The number of nitrogens with zero attached hydrogens (tertiary/aromatic N) is 1. The molecule has 0 atom stereocenters. The molecule has 2 heterocycles. The number of ether oxygens (including phenoxy) is 1. The SMILES string of the molecule is O=Cc1oc2ccccc2c1N1CCOCC1. The molecule has 4 heteroatoms. The van der Waals surface area contributed by atoms with Crippen LogP contribution in [0.5, 0.6) is 0 Å². The molecule has 0 N–H and O–H groups in total. The van der Waals surface area contributed by atoms with Gasteiger partial charge in [-0.2, -0.15) is 0 Å². The van der Waals surface area contributed by atoms with E-state index in [2.05, 4.69) is 4.90 Å². The Labute approximate surface area is 98.8 Å². The van der Waals surface area contributed by atoms with Gasteiger partial charge < -0.3 is 14.1 Å². The summed E-state index contributed by atoms with van der Waals surface area (Å²) in [6, 6.07) is 7.73. The molecule has 1 saturated heterocycles. The van der Waals surface area contributed by atoms with Crippen LogP contribution in [0.3, 0.4) is 0 Å². The molecule has 0 saturated carbocycles. The lowest BCUT2D eigenvalue weighted by atomic mass is 10.2. The lowest BCUT2D eigenvalue weighted by molar-refractivity contribution is 0.109. The van der Waals surface area contributed by atoms with Gasteiger partial charge in [-0.1, -0.05) is 12.1 Å². The van der Waals surface area contributed by atoms with Crippen molar-refractivity contribution in [2.75, 3.05) is 31.2 Å². The number of benzene rings is 1. The van der Waals surface area contributed by atoms with E-state index in [4.69, 9.17) is 9.15 Å². The molecular weight excluding hydrogens is 218 g/mol. The van der Waals surface area contributed by atoms with Crippen LogP contribution in [0.2, 0.25) is 0 Å². The minimum absolute atomic E-state index is 0.410. The van der Waals surface area contributed by atoms with Gasteiger partial charge in [-0.05, 0) is 12.1 Å². The summed E-state index contributed by atoms with van der Waals surface area (Å²) < 4.78 is 10.9. The van der Waals surface area contributed by atoms with Crippen LogP contribution in [0.4, 0.5) is 5.69 Å². The number of furan rings is 1. The average molecular weight is 231 g/mol. The Morgan fingerprint density at radius 1 is 1.18 bits per heavy atom. The van der Waals surface area contributed by atoms with Gasteiger partial charge in [-0.15, -0.1) is 0 Å². The van der Waals surface area contributed by atoms with Crippen LogP contribution in [-0.4, -0.2) is 32.6 Å². The first-order chi connectivity index (χ1) is 8.40. The summed E-state index contributed by atoms with van der Waals surface area (Å²) in [5.41, 5.74) is 1.66. The number of hydrogen-bond acceptors (Lipinski definition) is 4. The molecule has 0 spiro atoms. The van der Waals surface area contributed by atoms with Crippen molar-refractivity contribution in [2.45, 2.75) is 0 Å². The number of carbonyl (C=O) groups excluding carboxylic acids is 1. The first kappa shape index (κ1) is 10.4. The second kappa shape index (κ2) is 4.22. The molecule has 1 aromatic heterocycles. The van der Waals surface area contributed by atoms with Gasteiger partial charge in [-0.3, -0.25) is 4.79 Å². The van der Waals surface area contributed by atoms with E-state index in [9.17, 15) is 4.79 Å². The molecule has 4 nitrogen and oxygen atoms in total. The molecule has 0 amide bonds. The monoisotopic (exact) mass is 231 g/mol. The highest BCUT2D eigenvalue weighted by Gasteiger charge is 2.21. The maximum Gasteiger partial charge on any atom is 0.191 e. The quantitative estimate of drug-likeness (QED) is 0.742. The molecule has 0 unspecified atom stereocenters. The third-order valence-electron chi connectivity index (χ3n) is 3.03. The van der Waals surface area contributed by atoms with Crippen LogP contribution in [0, 0.1) is 0 Å². The van der Waals surface area contributed by atoms with Gasteiger partial charge >= 0.3 is 0 Å². The fourth-order valence-corrected chi connectivity index (χ4v) is 2.24. The Kier molecular flexibility index (Phi) is 2.57. The number of morpholine rings is 1. The zero-order valence-electron chi connectivity index (χ0n) is 9.39. The fourth-order valence-electron chi connectivity index (χ4n) is 2.24. The van der Waals surface area contributed by atoms with Crippen molar-refractivity contribution in [1.82, 2.24) is 0 Å². The number of aldehydes is 1. The van der Waals surface area contributed by atoms with Crippen LogP contribution in [0.25, 0.3) is 11.0 Å². The van der Waals surface area contributed by atoms with Crippen molar-refractivity contribution in [3.8, 4) is 0 Å². The molecular formula is C13H13NO3. The van der Waals surface area contributed by atoms with Gasteiger partial charge in [0, 0.05) is 18.5 Å². The third-order valence-corrected chi connectivity index (χ3v) is 3.03. The van der Waals surface area contributed by atoms with Gasteiger partial charge in [0.1, 0.15) is 5.58 Å². The Balaban J connectivity index is 2.14. The highest BCUT2D eigenvalue weighted by atomic mass is 16.5. The minimum atomic E-state index is 0.410. The lowest BCUT2D eigenvalue weighted by Crippen LogP contribution is -2.36. The zero-order chi connectivity index (χ0) is 11.7. The van der Waals surface area contributed by atoms with Crippen LogP contribution in [0.1, 0.15) is 10.6 Å². The van der Waals surface area contributed by atoms with E-state index in [1.165, 1.54) is 0 Å². The number of rotatable bonds is 2. The van der Waals surface area contributed by atoms with Gasteiger partial charge in [-0.25, -0.2) is 0 Å². The molecule has 88 valence electrons. The van der Waals surface area contributed by atoms with Gasteiger partial charge in [0.15, 0.2) is 12.0 Å². The molecule has 0 radical (unpaired) electrons. The van der Waals surface area contributed by atoms with Gasteiger partial charge in [0.2, 0.25) is 0 Å². The number of para-hydroxylation sites is 1. The maximum atomic E-state index is 11.1. The van der Waals surface area contributed by atoms with E-state index in [1.54, 1.807) is 0 Å². The summed E-state index contributed by atoms with van der Waals surface area (Å²) in [6.07, 6.45) is 0.783. The highest BCUT2D eigenvalue weighted by Crippen LogP contribution is 2.33. The molecule has 0 aliphatic carbocycles. The summed E-state index contributed by atoms with van der Waals surface area (Å²) >= 11 is 0. The number of hydrogen-bond donors (Lipinski definition) is 0. The Morgan fingerprint density at radius 2 is 1.94 bits per heavy atom. The number of anilines is 1. The van der Waals surface area contributed by atoms with E-state index in [1.807, 2.05) is 24.3 Å². The normalized spacial score (nSPS) is 16.4. The lowest BCUT2D eigenvalue weighted by Gasteiger charge is -2.28. The summed E-state index contributed by atoms with van der Waals surface area (Å²) in [5.74, 6) is 0.410. The third kappa shape index (κ3) is 1.70. The molecule has 1 fully saturated rings. The van der Waals surface area contributed by atoms with Crippen molar-refractivity contribution in [3.63, 3.8) is 0 Å². The Hall–Kier alpha value is -1.81. The topological polar surface area (TPSA) is 42.7 Å². The first-order valence-corrected chi connectivity index (χ1v) is 5.69. The summed E-state index contributed by atoms with van der Waals surface area (Å²) in [5, 5.41) is 0.997. The minimum Gasteiger partial charge on any atom is -0.451 e. The summed E-state index contributed by atoms with van der Waals surface area (Å²) in [7, 11) is 0. The van der Waals surface area contributed by atoms with Crippen molar-refractivity contribution in [2.24, 2.45) is 0 Å². The van der Waals surface area contributed by atoms with Crippen LogP contribution < -0.4 is 4.90 Å². The van der Waals surface area contributed by atoms with Crippen molar-refractivity contribution < 1.29 is 13.9 Å². The Morgan fingerprint density at radius 3 is 2.71 bits per heavy atom. The molecule has 1 aliphatic heterocycles. The predicted octanol–water partition coefficient (Wildman–Crippen LogP) is 2.08. The molecule has 3 rings (SSSR count). The van der Waals surface area contributed by atoms with Crippen LogP contribution >= 0.6 is 0 Å². The van der Waals surface area contributed by atoms with E-state index < -0.39 is 0 Å². The predicted molar refractivity (Wildman–Crippen MR) is 64.6 cm³/mol. The van der Waals surface area contributed by atoms with Crippen molar-refractivity contribution in [3.05, 3.63) is 30.0 Å². The van der Waals surface area contributed by atoms with E-state index in [0.29, 0.717) is 19.0 Å². The van der Waals surface area contributed by atoms with Gasteiger partial charge in [0.05, 0.1) is 18.9 Å². The second-order valence-electron chi connectivity index (χ2n) is 4.03. The zero-order valence-corrected chi connectivity index (χ0v) is 9.39. The number of carbonyl (C=O) groups is 1. The smallest absolute Gasteiger partial charge is 0.191 e. The average Bonchev–Trinajstić information content (AvgIpc) is 2.78. The number of fused-ring (bicyclic) bond motifs is 1. The first-order valence-electron chi connectivity index (χ1n) is 5.69.